The molecule has 1 aliphatic carbocycles. The number of anilines is 3. The van der Waals surface area contributed by atoms with Crippen molar-refractivity contribution in [2.75, 3.05) is 10.6 Å². The van der Waals surface area contributed by atoms with E-state index in [0.717, 1.165) is 42.0 Å². The molecule has 0 aliphatic heterocycles. The summed E-state index contributed by atoms with van der Waals surface area (Å²) in [5.41, 5.74) is 2.75. The van der Waals surface area contributed by atoms with Gasteiger partial charge in [0.05, 0.1) is 11.9 Å². The molecule has 114 valence electrons. The summed E-state index contributed by atoms with van der Waals surface area (Å²) in [4.78, 5) is 16.2. The molecule has 1 amide bonds. The number of hydrogen-bond acceptors (Lipinski definition) is 3. The summed E-state index contributed by atoms with van der Waals surface area (Å²) in [5, 5.41) is 6.86. The molecule has 1 saturated carbocycles. The SMILES string of the molecule is Cc1cc(Cl)ccc1Nc1ccc(NC(=O)C2CCC2)cn1. The van der Waals surface area contributed by atoms with Gasteiger partial charge in [0.1, 0.15) is 5.82 Å². The minimum atomic E-state index is 0.0994. The number of rotatable bonds is 4. The van der Waals surface area contributed by atoms with Gasteiger partial charge >= 0.3 is 0 Å². The van der Waals surface area contributed by atoms with Gasteiger partial charge in [0.25, 0.3) is 0 Å². The van der Waals surface area contributed by atoms with Crippen molar-refractivity contribution in [3.8, 4) is 0 Å². The average molecular weight is 316 g/mol. The molecule has 1 aromatic carbocycles. The lowest BCUT2D eigenvalue weighted by molar-refractivity contribution is -0.122. The van der Waals surface area contributed by atoms with Crippen LogP contribution in [0.1, 0.15) is 24.8 Å². The van der Waals surface area contributed by atoms with Crippen molar-refractivity contribution >= 4 is 34.7 Å². The van der Waals surface area contributed by atoms with Gasteiger partial charge < -0.3 is 10.6 Å². The lowest BCUT2D eigenvalue weighted by Crippen LogP contribution is -2.28. The number of halogens is 1. The van der Waals surface area contributed by atoms with E-state index in [2.05, 4.69) is 15.6 Å². The molecule has 4 nitrogen and oxygen atoms in total. The number of aryl methyl sites for hydroxylation is 1. The zero-order valence-electron chi connectivity index (χ0n) is 12.4. The largest absolute Gasteiger partial charge is 0.340 e. The lowest BCUT2D eigenvalue weighted by atomic mass is 9.85. The Kier molecular flexibility index (Phi) is 4.29. The molecular formula is C17H18ClN3O. The smallest absolute Gasteiger partial charge is 0.227 e. The molecule has 1 heterocycles. The van der Waals surface area contributed by atoms with Gasteiger partial charge in [-0.15, -0.1) is 0 Å². The van der Waals surface area contributed by atoms with E-state index in [1.54, 1.807) is 6.20 Å². The van der Waals surface area contributed by atoms with E-state index in [1.807, 2.05) is 37.3 Å². The molecule has 1 fully saturated rings. The fourth-order valence-electron chi connectivity index (χ4n) is 2.36. The van der Waals surface area contributed by atoms with Gasteiger partial charge in [-0.05, 0) is 55.7 Å². The van der Waals surface area contributed by atoms with Crippen molar-refractivity contribution in [3.05, 3.63) is 47.1 Å². The number of amides is 1. The molecule has 2 aromatic rings. The van der Waals surface area contributed by atoms with Crippen LogP contribution < -0.4 is 10.6 Å². The predicted molar refractivity (Wildman–Crippen MR) is 89.7 cm³/mol. The summed E-state index contributed by atoms with van der Waals surface area (Å²) < 4.78 is 0. The quantitative estimate of drug-likeness (QED) is 0.871. The summed E-state index contributed by atoms with van der Waals surface area (Å²) in [6.45, 7) is 1.99. The van der Waals surface area contributed by atoms with Crippen LogP contribution in [0.4, 0.5) is 17.2 Å². The van der Waals surface area contributed by atoms with Gasteiger partial charge in [0, 0.05) is 16.6 Å². The van der Waals surface area contributed by atoms with E-state index in [1.165, 1.54) is 0 Å². The lowest BCUT2D eigenvalue weighted by Gasteiger charge is -2.23. The first kappa shape index (κ1) is 14.9. The van der Waals surface area contributed by atoms with Crippen LogP contribution in [-0.4, -0.2) is 10.9 Å². The molecule has 1 aliphatic rings. The summed E-state index contributed by atoms with van der Waals surface area (Å²) in [5.74, 6) is 1.00. The Morgan fingerprint density at radius 1 is 1.27 bits per heavy atom. The number of aromatic nitrogens is 1. The Bertz CT molecular complexity index is 681. The van der Waals surface area contributed by atoms with Crippen LogP contribution in [-0.2, 0) is 4.79 Å². The molecule has 5 heteroatoms. The molecule has 0 saturated heterocycles. The maximum atomic E-state index is 11.9. The van der Waals surface area contributed by atoms with Crippen LogP contribution >= 0.6 is 11.6 Å². The van der Waals surface area contributed by atoms with Crippen LogP contribution in [0.5, 0.6) is 0 Å². The van der Waals surface area contributed by atoms with Crippen molar-refractivity contribution in [2.24, 2.45) is 5.92 Å². The maximum absolute atomic E-state index is 11.9. The van der Waals surface area contributed by atoms with E-state index in [0.29, 0.717) is 5.02 Å². The van der Waals surface area contributed by atoms with Crippen LogP contribution in [0.15, 0.2) is 36.5 Å². The molecule has 0 unspecified atom stereocenters. The third kappa shape index (κ3) is 3.39. The van der Waals surface area contributed by atoms with Crippen LogP contribution in [0.25, 0.3) is 0 Å². The Morgan fingerprint density at radius 3 is 2.68 bits per heavy atom. The monoisotopic (exact) mass is 315 g/mol. The second-order valence-electron chi connectivity index (χ2n) is 5.63. The minimum absolute atomic E-state index is 0.0994. The topological polar surface area (TPSA) is 54.0 Å². The third-order valence-corrected chi connectivity index (χ3v) is 4.19. The Hall–Kier alpha value is -2.07. The van der Waals surface area contributed by atoms with Crippen molar-refractivity contribution in [2.45, 2.75) is 26.2 Å². The third-order valence-electron chi connectivity index (χ3n) is 3.96. The van der Waals surface area contributed by atoms with E-state index in [9.17, 15) is 4.79 Å². The number of carbonyl (C=O) groups excluding carboxylic acids is 1. The fourth-order valence-corrected chi connectivity index (χ4v) is 2.59. The van der Waals surface area contributed by atoms with Crippen molar-refractivity contribution < 1.29 is 4.79 Å². The number of carbonyl (C=O) groups is 1. The number of nitrogens with one attached hydrogen (secondary N) is 2. The van der Waals surface area contributed by atoms with Gasteiger partial charge in [-0.2, -0.15) is 0 Å². The first-order valence-corrected chi connectivity index (χ1v) is 7.80. The van der Waals surface area contributed by atoms with Crippen LogP contribution in [0, 0.1) is 12.8 Å². The number of benzene rings is 1. The van der Waals surface area contributed by atoms with E-state index >= 15 is 0 Å². The van der Waals surface area contributed by atoms with E-state index in [4.69, 9.17) is 11.6 Å². The Balaban J connectivity index is 1.64. The summed E-state index contributed by atoms with van der Waals surface area (Å²) in [7, 11) is 0. The van der Waals surface area contributed by atoms with Crippen LogP contribution in [0.2, 0.25) is 5.02 Å². The zero-order valence-corrected chi connectivity index (χ0v) is 13.2. The van der Waals surface area contributed by atoms with E-state index < -0.39 is 0 Å². The van der Waals surface area contributed by atoms with Gasteiger partial charge in [-0.3, -0.25) is 4.79 Å². The molecule has 0 spiro atoms. The van der Waals surface area contributed by atoms with Crippen molar-refractivity contribution in [3.63, 3.8) is 0 Å². The highest BCUT2D eigenvalue weighted by atomic mass is 35.5. The second kappa shape index (κ2) is 6.36. The highest BCUT2D eigenvalue weighted by Crippen LogP contribution is 2.28. The van der Waals surface area contributed by atoms with Crippen molar-refractivity contribution in [1.29, 1.82) is 0 Å². The predicted octanol–water partition coefficient (Wildman–Crippen LogP) is 4.53. The molecule has 3 rings (SSSR count). The second-order valence-corrected chi connectivity index (χ2v) is 6.07. The first-order chi connectivity index (χ1) is 10.6. The first-order valence-electron chi connectivity index (χ1n) is 7.42. The average Bonchev–Trinajstić information content (AvgIpc) is 2.42. The van der Waals surface area contributed by atoms with E-state index in [-0.39, 0.29) is 11.8 Å². The number of nitrogens with zero attached hydrogens (tertiary/aromatic N) is 1. The van der Waals surface area contributed by atoms with Crippen LogP contribution in [0.3, 0.4) is 0 Å². The molecule has 1 aromatic heterocycles. The molecule has 0 bridgehead atoms. The standard InChI is InChI=1S/C17H18ClN3O/c1-11-9-13(18)5-7-15(11)21-16-8-6-14(10-19-16)20-17(22)12-3-2-4-12/h5-10,12H,2-4H2,1H3,(H,19,21)(H,20,22). The highest BCUT2D eigenvalue weighted by molar-refractivity contribution is 6.30. The molecule has 0 radical (unpaired) electrons. The van der Waals surface area contributed by atoms with Gasteiger partial charge in [0.15, 0.2) is 0 Å². The van der Waals surface area contributed by atoms with Crippen molar-refractivity contribution in [1.82, 2.24) is 4.98 Å². The Morgan fingerprint density at radius 2 is 2.09 bits per heavy atom. The van der Waals surface area contributed by atoms with Gasteiger partial charge in [-0.1, -0.05) is 18.0 Å². The molecule has 2 N–H and O–H groups in total. The highest BCUT2D eigenvalue weighted by Gasteiger charge is 2.25. The normalized spacial score (nSPS) is 14.3. The fraction of sp³-hybridized carbons (Fsp3) is 0.294. The minimum Gasteiger partial charge on any atom is -0.340 e. The number of hydrogen-bond donors (Lipinski definition) is 2. The molecular weight excluding hydrogens is 298 g/mol. The molecule has 0 atom stereocenters. The van der Waals surface area contributed by atoms with Gasteiger partial charge in [-0.25, -0.2) is 4.98 Å². The summed E-state index contributed by atoms with van der Waals surface area (Å²) in [6, 6.07) is 9.37. The van der Waals surface area contributed by atoms with Gasteiger partial charge in [0.2, 0.25) is 5.91 Å². The number of pyridine rings is 1. The maximum Gasteiger partial charge on any atom is 0.227 e. The molecule has 22 heavy (non-hydrogen) atoms. The Labute approximate surface area is 134 Å². The zero-order chi connectivity index (χ0) is 15.5. The summed E-state index contributed by atoms with van der Waals surface area (Å²) >= 11 is 5.95. The summed E-state index contributed by atoms with van der Waals surface area (Å²) in [6.07, 6.45) is 4.81.